The Morgan fingerprint density at radius 3 is 2.43 bits per heavy atom. The lowest BCUT2D eigenvalue weighted by atomic mass is 10.1. The Morgan fingerprint density at radius 2 is 1.86 bits per heavy atom. The number of hydrogen-bond acceptors (Lipinski definition) is 3. The topological polar surface area (TPSA) is 61.6 Å². The fraction of sp³-hybridized carbons (Fsp3) is 0.562. The molecule has 0 spiro atoms. The van der Waals surface area contributed by atoms with Crippen LogP contribution in [0.25, 0.3) is 0 Å². The third kappa shape index (κ3) is 4.72. The van der Waals surface area contributed by atoms with Gasteiger partial charge in [0.05, 0.1) is 0 Å². The lowest BCUT2D eigenvalue weighted by molar-refractivity contribution is 0.137. The zero-order valence-electron chi connectivity index (χ0n) is 13.0. The van der Waals surface area contributed by atoms with Crippen LogP contribution >= 0.6 is 0 Å². The smallest absolute Gasteiger partial charge is 0.321 e. The van der Waals surface area contributed by atoms with Gasteiger partial charge in [-0.05, 0) is 31.5 Å². The van der Waals surface area contributed by atoms with Crippen LogP contribution in [0, 0.1) is 12.8 Å². The molecule has 0 aliphatic carbocycles. The summed E-state index contributed by atoms with van der Waals surface area (Å²) in [7, 11) is 0. The molecule has 3 N–H and O–H groups in total. The quantitative estimate of drug-likeness (QED) is 0.888. The summed E-state index contributed by atoms with van der Waals surface area (Å²) in [6.45, 7) is 9.32. The minimum atomic E-state index is -0.00891. The highest BCUT2D eigenvalue weighted by molar-refractivity contribution is 5.89. The number of rotatable bonds is 4. The van der Waals surface area contributed by atoms with E-state index in [2.05, 4.69) is 17.1 Å². The first-order valence-electron chi connectivity index (χ1n) is 7.63. The van der Waals surface area contributed by atoms with Crippen molar-refractivity contribution < 1.29 is 4.79 Å². The van der Waals surface area contributed by atoms with Gasteiger partial charge in [0, 0.05) is 38.4 Å². The highest BCUT2D eigenvalue weighted by Gasteiger charge is 2.21. The van der Waals surface area contributed by atoms with E-state index in [0.717, 1.165) is 38.4 Å². The van der Waals surface area contributed by atoms with E-state index in [9.17, 15) is 4.79 Å². The number of anilines is 1. The average Bonchev–Trinajstić information content (AvgIpc) is 2.50. The van der Waals surface area contributed by atoms with Crippen LogP contribution in [-0.4, -0.2) is 55.1 Å². The summed E-state index contributed by atoms with van der Waals surface area (Å²) in [6.07, 6.45) is 0. The molecule has 5 heteroatoms. The van der Waals surface area contributed by atoms with E-state index in [1.165, 1.54) is 5.56 Å². The molecule has 0 saturated carbocycles. The first-order valence-corrected chi connectivity index (χ1v) is 7.63. The Bertz CT molecular complexity index is 452. The number of carbonyl (C=O) groups excluding carboxylic acids is 1. The largest absolute Gasteiger partial charge is 0.330 e. The van der Waals surface area contributed by atoms with Gasteiger partial charge in [-0.1, -0.05) is 24.6 Å². The molecule has 5 nitrogen and oxygen atoms in total. The molecule has 1 aliphatic rings. The van der Waals surface area contributed by atoms with Gasteiger partial charge in [0.1, 0.15) is 0 Å². The SMILES string of the molecule is Cc1ccc(NC(=O)N2CCN(CC(C)CN)CC2)cc1. The third-order valence-corrected chi connectivity index (χ3v) is 3.93. The van der Waals surface area contributed by atoms with Crippen LogP contribution in [0.2, 0.25) is 0 Å². The molecule has 1 atom stereocenters. The number of urea groups is 1. The van der Waals surface area contributed by atoms with E-state index in [4.69, 9.17) is 5.73 Å². The van der Waals surface area contributed by atoms with Gasteiger partial charge in [0.15, 0.2) is 0 Å². The highest BCUT2D eigenvalue weighted by atomic mass is 16.2. The molecule has 2 rings (SSSR count). The van der Waals surface area contributed by atoms with Crippen LogP contribution < -0.4 is 11.1 Å². The molecule has 0 bridgehead atoms. The number of aryl methyl sites for hydroxylation is 1. The second-order valence-electron chi connectivity index (χ2n) is 5.92. The van der Waals surface area contributed by atoms with Crippen molar-refractivity contribution in [1.29, 1.82) is 0 Å². The highest BCUT2D eigenvalue weighted by Crippen LogP contribution is 2.11. The fourth-order valence-electron chi connectivity index (χ4n) is 2.49. The number of carbonyl (C=O) groups is 1. The Balaban J connectivity index is 1.79. The van der Waals surface area contributed by atoms with Gasteiger partial charge in [-0.3, -0.25) is 4.90 Å². The number of nitrogens with two attached hydrogens (primary N) is 1. The van der Waals surface area contributed by atoms with Crippen LogP contribution in [0.5, 0.6) is 0 Å². The Morgan fingerprint density at radius 1 is 1.24 bits per heavy atom. The zero-order valence-corrected chi connectivity index (χ0v) is 13.0. The number of hydrogen-bond donors (Lipinski definition) is 2. The minimum Gasteiger partial charge on any atom is -0.330 e. The molecule has 0 aromatic heterocycles. The van der Waals surface area contributed by atoms with Crippen molar-refractivity contribution in [2.75, 3.05) is 44.6 Å². The van der Waals surface area contributed by atoms with Crippen molar-refractivity contribution >= 4 is 11.7 Å². The predicted octanol–water partition coefficient (Wildman–Crippen LogP) is 1.74. The van der Waals surface area contributed by atoms with E-state index in [1.54, 1.807) is 0 Å². The molecular weight excluding hydrogens is 264 g/mol. The summed E-state index contributed by atoms with van der Waals surface area (Å²) < 4.78 is 0. The van der Waals surface area contributed by atoms with Gasteiger partial charge in [-0.15, -0.1) is 0 Å². The maximum absolute atomic E-state index is 12.2. The van der Waals surface area contributed by atoms with Gasteiger partial charge in [-0.25, -0.2) is 4.79 Å². The Kier molecular flexibility index (Phi) is 5.59. The van der Waals surface area contributed by atoms with Crippen molar-refractivity contribution in [3.05, 3.63) is 29.8 Å². The van der Waals surface area contributed by atoms with Gasteiger partial charge >= 0.3 is 6.03 Å². The number of benzene rings is 1. The molecule has 1 fully saturated rings. The number of piperazine rings is 1. The molecule has 0 radical (unpaired) electrons. The van der Waals surface area contributed by atoms with Crippen LogP contribution in [0.15, 0.2) is 24.3 Å². The molecule has 116 valence electrons. The first kappa shape index (κ1) is 15.8. The number of amides is 2. The molecule has 21 heavy (non-hydrogen) atoms. The average molecular weight is 290 g/mol. The van der Waals surface area contributed by atoms with E-state index >= 15 is 0 Å². The van der Waals surface area contributed by atoms with Gasteiger partial charge < -0.3 is 16.0 Å². The second kappa shape index (κ2) is 7.43. The minimum absolute atomic E-state index is 0.00891. The summed E-state index contributed by atoms with van der Waals surface area (Å²) >= 11 is 0. The molecule has 1 aromatic rings. The summed E-state index contributed by atoms with van der Waals surface area (Å²) in [5, 5.41) is 2.95. The second-order valence-corrected chi connectivity index (χ2v) is 5.92. The maximum atomic E-state index is 12.2. The summed E-state index contributed by atoms with van der Waals surface area (Å²) in [5.74, 6) is 0.512. The molecule has 1 aromatic carbocycles. The standard InChI is InChI=1S/C16H26N4O/c1-13-3-5-15(6-4-13)18-16(21)20-9-7-19(8-10-20)12-14(2)11-17/h3-6,14H,7-12,17H2,1-2H3,(H,18,21). The Hall–Kier alpha value is -1.59. The summed E-state index contributed by atoms with van der Waals surface area (Å²) in [5.41, 5.74) is 7.70. The molecule has 1 heterocycles. The number of nitrogens with one attached hydrogen (secondary N) is 1. The normalized spacial score (nSPS) is 17.6. The summed E-state index contributed by atoms with van der Waals surface area (Å²) in [4.78, 5) is 16.5. The van der Waals surface area contributed by atoms with Gasteiger partial charge in [-0.2, -0.15) is 0 Å². The molecular formula is C16H26N4O. The van der Waals surface area contributed by atoms with Crippen molar-refractivity contribution in [2.45, 2.75) is 13.8 Å². The first-order chi connectivity index (χ1) is 10.1. The number of nitrogens with zero attached hydrogens (tertiary/aromatic N) is 2. The molecule has 1 saturated heterocycles. The van der Waals surface area contributed by atoms with Crippen LogP contribution in [0.4, 0.5) is 10.5 Å². The monoisotopic (exact) mass is 290 g/mol. The lowest BCUT2D eigenvalue weighted by Gasteiger charge is -2.35. The molecule has 1 aliphatic heterocycles. The van der Waals surface area contributed by atoms with Crippen LogP contribution in [0.3, 0.4) is 0 Å². The van der Waals surface area contributed by atoms with Gasteiger partial charge in [0.25, 0.3) is 0 Å². The van der Waals surface area contributed by atoms with E-state index in [0.29, 0.717) is 12.5 Å². The van der Waals surface area contributed by atoms with Crippen molar-refractivity contribution in [2.24, 2.45) is 11.7 Å². The van der Waals surface area contributed by atoms with E-state index in [1.807, 2.05) is 36.1 Å². The third-order valence-electron chi connectivity index (χ3n) is 3.93. The van der Waals surface area contributed by atoms with Crippen molar-refractivity contribution in [3.63, 3.8) is 0 Å². The van der Waals surface area contributed by atoms with Crippen LogP contribution in [-0.2, 0) is 0 Å². The lowest BCUT2D eigenvalue weighted by Crippen LogP contribution is -2.51. The fourth-order valence-corrected chi connectivity index (χ4v) is 2.49. The van der Waals surface area contributed by atoms with Crippen molar-refractivity contribution in [1.82, 2.24) is 9.80 Å². The summed E-state index contributed by atoms with van der Waals surface area (Å²) in [6, 6.07) is 7.87. The Labute approximate surface area is 127 Å². The zero-order chi connectivity index (χ0) is 15.2. The van der Waals surface area contributed by atoms with Crippen LogP contribution in [0.1, 0.15) is 12.5 Å². The van der Waals surface area contributed by atoms with E-state index < -0.39 is 0 Å². The maximum Gasteiger partial charge on any atom is 0.321 e. The predicted molar refractivity (Wildman–Crippen MR) is 86.4 cm³/mol. The molecule has 1 unspecified atom stereocenters. The van der Waals surface area contributed by atoms with E-state index in [-0.39, 0.29) is 6.03 Å². The van der Waals surface area contributed by atoms with Crippen molar-refractivity contribution in [3.8, 4) is 0 Å². The van der Waals surface area contributed by atoms with Gasteiger partial charge in [0.2, 0.25) is 0 Å². The molecule has 2 amide bonds.